The molecular weight excluding hydrogens is 354 g/mol. The Labute approximate surface area is 156 Å². The van der Waals surface area contributed by atoms with Crippen molar-refractivity contribution < 1.29 is 4.79 Å². The highest BCUT2D eigenvalue weighted by Gasteiger charge is 2.21. The maximum absolute atomic E-state index is 12.6. The molecule has 1 amide bonds. The molecule has 134 valence electrons. The number of benzene rings is 1. The van der Waals surface area contributed by atoms with E-state index >= 15 is 0 Å². The quantitative estimate of drug-likeness (QED) is 0.832. The van der Waals surface area contributed by atoms with Crippen LogP contribution in [-0.4, -0.2) is 45.0 Å². The summed E-state index contributed by atoms with van der Waals surface area (Å²) in [5.41, 5.74) is 0.598. The third-order valence-corrected chi connectivity index (χ3v) is 6.13. The summed E-state index contributed by atoms with van der Waals surface area (Å²) in [6.45, 7) is 1.94. The summed E-state index contributed by atoms with van der Waals surface area (Å²) in [5, 5.41) is 1.11. The van der Waals surface area contributed by atoms with Gasteiger partial charge in [-0.2, -0.15) is 11.8 Å². The van der Waals surface area contributed by atoms with Gasteiger partial charge in [0.25, 0.3) is 5.56 Å². The molecule has 7 heteroatoms. The zero-order valence-electron chi connectivity index (χ0n) is 14.4. The maximum atomic E-state index is 12.6. The lowest BCUT2D eigenvalue weighted by Gasteiger charge is -2.23. The van der Waals surface area contributed by atoms with Crippen molar-refractivity contribution in [1.82, 2.24) is 14.5 Å². The van der Waals surface area contributed by atoms with Gasteiger partial charge in [-0.1, -0.05) is 18.6 Å². The van der Waals surface area contributed by atoms with Gasteiger partial charge in [0.15, 0.2) is 4.77 Å². The fraction of sp³-hybridized carbons (Fsp3) is 0.500. The van der Waals surface area contributed by atoms with Crippen molar-refractivity contribution in [1.29, 1.82) is 0 Å². The Balaban J connectivity index is 1.75. The number of rotatable bonds is 4. The number of amides is 1. The molecule has 1 N–H and O–H groups in total. The van der Waals surface area contributed by atoms with Gasteiger partial charge in [-0.05, 0) is 43.4 Å². The van der Waals surface area contributed by atoms with Crippen LogP contribution in [0, 0.1) is 4.77 Å². The third kappa shape index (κ3) is 4.15. The highest BCUT2D eigenvalue weighted by molar-refractivity contribution is 7.99. The normalized spacial score (nSPS) is 18.3. The molecule has 1 aromatic carbocycles. The highest BCUT2D eigenvalue weighted by Crippen LogP contribution is 2.20. The second kappa shape index (κ2) is 8.19. The van der Waals surface area contributed by atoms with Gasteiger partial charge in [-0.15, -0.1) is 0 Å². The van der Waals surface area contributed by atoms with E-state index < -0.39 is 0 Å². The second-order valence-electron chi connectivity index (χ2n) is 6.38. The Bertz CT molecular complexity index is 874. The van der Waals surface area contributed by atoms with E-state index in [1.807, 2.05) is 34.9 Å². The lowest BCUT2D eigenvalue weighted by molar-refractivity contribution is -0.131. The van der Waals surface area contributed by atoms with Gasteiger partial charge >= 0.3 is 0 Å². The molecular formula is C18H23N3O2S2. The number of aromatic amines is 1. The average molecular weight is 378 g/mol. The van der Waals surface area contributed by atoms with Crippen LogP contribution in [-0.2, 0) is 11.3 Å². The van der Waals surface area contributed by atoms with Gasteiger partial charge < -0.3 is 9.88 Å². The Hall–Kier alpha value is -1.60. The number of aromatic nitrogens is 2. The van der Waals surface area contributed by atoms with Crippen LogP contribution >= 0.6 is 24.0 Å². The van der Waals surface area contributed by atoms with Crippen LogP contribution in [0.3, 0.4) is 0 Å². The molecule has 1 aromatic heterocycles. The van der Waals surface area contributed by atoms with Crippen molar-refractivity contribution in [3.63, 3.8) is 0 Å². The van der Waals surface area contributed by atoms with Gasteiger partial charge in [0, 0.05) is 31.3 Å². The van der Waals surface area contributed by atoms with E-state index in [0.29, 0.717) is 28.4 Å². The van der Waals surface area contributed by atoms with Gasteiger partial charge in [-0.3, -0.25) is 14.2 Å². The van der Waals surface area contributed by atoms with Crippen LogP contribution in [0.2, 0.25) is 0 Å². The zero-order valence-corrected chi connectivity index (χ0v) is 16.0. The molecule has 5 nitrogen and oxygen atoms in total. The lowest BCUT2D eigenvalue weighted by Crippen LogP contribution is -2.36. The van der Waals surface area contributed by atoms with Crippen molar-refractivity contribution >= 4 is 40.8 Å². The Morgan fingerprint density at radius 1 is 1.36 bits per heavy atom. The Morgan fingerprint density at radius 2 is 2.16 bits per heavy atom. The molecule has 1 atom stereocenters. The van der Waals surface area contributed by atoms with Crippen LogP contribution in [0.5, 0.6) is 0 Å². The van der Waals surface area contributed by atoms with Crippen molar-refractivity contribution in [2.75, 3.05) is 19.3 Å². The first-order chi connectivity index (χ1) is 12.1. The maximum Gasteiger partial charge on any atom is 0.262 e. The summed E-state index contributed by atoms with van der Waals surface area (Å²) in [7, 11) is 0. The van der Waals surface area contributed by atoms with Crippen LogP contribution in [0.25, 0.3) is 10.9 Å². The number of fused-ring (bicyclic) bond motifs is 1. The topological polar surface area (TPSA) is 58.1 Å². The highest BCUT2D eigenvalue weighted by atomic mass is 32.2. The summed E-state index contributed by atoms with van der Waals surface area (Å²) in [4.78, 5) is 30.3. The number of thioether (sulfide) groups is 1. The van der Waals surface area contributed by atoms with E-state index in [1.165, 1.54) is 17.4 Å². The number of nitrogens with zero attached hydrogens (tertiary/aromatic N) is 2. The molecule has 1 aliphatic rings. The van der Waals surface area contributed by atoms with E-state index in [2.05, 4.69) is 11.2 Å². The predicted molar refractivity (Wildman–Crippen MR) is 106 cm³/mol. The average Bonchev–Trinajstić information content (AvgIpc) is 2.87. The van der Waals surface area contributed by atoms with Crippen LogP contribution < -0.4 is 5.56 Å². The monoisotopic (exact) mass is 377 g/mol. The third-order valence-electron chi connectivity index (χ3n) is 4.75. The van der Waals surface area contributed by atoms with E-state index in [1.54, 1.807) is 6.07 Å². The van der Waals surface area contributed by atoms with Crippen LogP contribution in [0.4, 0.5) is 0 Å². The van der Waals surface area contributed by atoms with E-state index in [-0.39, 0.29) is 11.5 Å². The minimum Gasteiger partial charge on any atom is -0.342 e. The first-order valence-electron chi connectivity index (χ1n) is 8.62. The summed E-state index contributed by atoms with van der Waals surface area (Å²) >= 11 is 7.14. The van der Waals surface area contributed by atoms with Crippen LogP contribution in [0.15, 0.2) is 29.1 Å². The van der Waals surface area contributed by atoms with Crippen molar-refractivity contribution in [3.05, 3.63) is 39.4 Å². The largest absolute Gasteiger partial charge is 0.342 e. The van der Waals surface area contributed by atoms with Gasteiger partial charge in [0.2, 0.25) is 5.91 Å². The molecule has 25 heavy (non-hydrogen) atoms. The van der Waals surface area contributed by atoms with Crippen LogP contribution in [0.1, 0.15) is 25.7 Å². The Kier molecular flexibility index (Phi) is 5.96. The second-order valence-corrected chi connectivity index (χ2v) is 7.90. The number of carbonyl (C=O) groups is 1. The number of hydrogen-bond donors (Lipinski definition) is 1. The molecule has 1 aliphatic heterocycles. The van der Waals surface area contributed by atoms with Gasteiger partial charge in [0.1, 0.15) is 0 Å². The molecule has 0 saturated carbocycles. The van der Waals surface area contributed by atoms with Crippen molar-refractivity contribution in [2.45, 2.75) is 37.5 Å². The summed E-state index contributed by atoms with van der Waals surface area (Å²) in [6, 6.07) is 7.30. The standard InChI is InChI=1S/C18H23N3O2S2/c1-25-13-6-4-5-10-20(12-13)16(22)9-11-21-17(23)14-7-2-3-8-15(14)19-18(21)24/h2-3,7-8,13H,4-6,9-12H2,1H3,(H,19,24). The molecule has 2 heterocycles. The first-order valence-corrected chi connectivity index (χ1v) is 10.3. The molecule has 3 rings (SSSR count). The molecule has 0 bridgehead atoms. The smallest absolute Gasteiger partial charge is 0.262 e. The SMILES string of the molecule is CSC1CCCCN(C(=O)CCn2c(=S)[nH]c3ccccc3c2=O)C1. The fourth-order valence-electron chi connectivity index (χ4n) is 3.29. The zero-order chi connectivity index (χ0) is 17.8. The summed E-state index contributed by atoms with van der Waals surface area (Å²) in [6.07, 6.45) is 5.80. The van der Waals surface area contributed by atoms with E-state index in [9.17, 15) is 9.59 Å². The van der Waals surface area contributed by atoms with Gasteiger partial charge in [-0.25, -0.2) is 0 Å². The molecule has 1 saturated heterocycles. The summed E-state index contributed by atoms with van der Waals surface area (Å²) < 4.78 is 1.87. The van der Waals surface area contributed by atoms with Crippen molar-refractivity contribution in [2.24, 2.45) is 0 Å². The number of hydrogen-bond acceptors (Lipinski definition) is 4. The fourth-order valence-corrected chi connectivity index (χ4v) is 4.31. The molecule has 0 radical (unpaired) electrons. The number of likely N-dealkylation sites (tertiary alicyclic amines) is 1. The summed E-state index contributed by atoms with van der Waals surface area (Å²) in [5.74, 6) is 0.107. The predicted octanol–water partition coefficient (Wildman–Crippen LogP) is 3.19. The molecule has 1 unspecified atom stereocenters. The first kappa shape index (κ1) is 18.2. The molecule has 2 aromatic rings. The lowest BCUT2D eigenvalue weighted by atomic mass is 10.2. The number of H-pyrrole nitrogens is 1. The Morgan fingerprint density at radius 3 is 2.96 bits per heavy atom. The molecule has 0 spiro atoms. The van der Waals surface area contributed by atoms with Gasteiger partial charge in [0.05, 0.1) is 10.9 Å². The van der Waals surface area contributed by atoms with E-state index in [0.717, 1.165) is 25.0 Å². The number of para-hydroxylation sites is 1. The minimum absolute atomic E-state index is 0.107. The van der Waals surface area contributed by atoms with Crippen molar-refractivity contribution in [3.8, 4) is 0 Å². The molecule has 0 aliphatic carbocycles. The molecule has 1 fully saturated rings. The van der Waals surface area contributed by atoms with E-state index in [4.69, 9.17) is 12.2 Å². The number of carbonyl (C=O) groups excluding carboxylic acids is 1. The number of nitrogens with one attached hydrogen (secondary N) is 1. The minimum atomic E-state index is -0.134.